The standard InChI is InChI=1S/C19H28ClFN6O.HI/c1-13-25-26-17(27(13)4)11-23-18(22-8-9-28-5)24-12-19(2,3)15-7-6-14(21)10-16(15)20;/h6-7,10H,8-9,11-12H2,1-5H3,(H2,22,23,24);1H. The quantitative estimate of drug-likeness (QED) is 0.234. The first-order valence-electron chi connectivity index (χ1n) is 9.06. The van der Waals surface area contributed by atoms with E-state index in [1.165, 1.54) is 12.1 Å². The van der Waals surface area contributed by atoms with Crippen LogP contribution in [0, 0.1) is 12.7 Å². The number of aliphatic imine (C=N–C) groups is 1. The van der Waals surface area contributed by atoms with Crippen LogP contribution in [0.3, 0.4) is 0 Å². The van der Waals surface area contributed by atoms with Crippen molar-refractivity contribution < 1.29 is 9.13 Å². The molecule has 0 bridgehead atoms. The lowest BCUT2D eigenvalue weighted by atomic mass is 9.84. The van der Waals surface area contributed by atoms with Gasteiger partial charge < -0.3 is 19.9 Å². The Labute approximate surface area is 193 Å². The van der Waals surface area contributed by atoms with Crippen LogP contribution >= 0.6 is 35.6 Å². The van der Waals surface area contributed by atoms with Gasteiger partial charge in [0.25, 0.3) is 0 Å². The molecule has 0 radical (unpaired) electrons. The number of benzene rings is 1. The van der Waals surface area contributed by atoms with Crippen LogP contribution in [0.2, 0.25) is 5.02 Å². The molecule has 0 unspecified atom stereocenters. The van der Waals surface area contributed by atoms with Crippen LogP contribution in [0.5, 0.6) is 0 Å². The molecule has 2 N–H and O–H groups in total. The van der Waals surface area contributed by atoms with E-state index in [0.29, 0.717) is 37.2 Å². The molecule has 2 aromatic rings. The average Bonchev–Trinajstić information content (AvgIpc) is 2.95. The molecule has 10 heteroatoms. The lowest BCUT2D eigenvalue weighted by Crippen LogP contribution is -2.44. The first-order chi connectivity index (χ1) is 13.2. The van der Waals surface area contributed by atoms with Crippen LogP contribution in [-0.4, -0.2) is 47.5 Å². The molecule has 0 aliphatic rings. The second kappa shape index (κ2) is 11.7. The van der Waals surface area contributed by atoms with Gasteiger partial charge in [-0.1, -0.05) is 31.5 Å². The van der Waals surface area contributed by atoms with Gasteiger partial charge in [0.1, 0.15) is 18.2 Å². The van der Waals surface area contributed by atoms with E-state index in [9.17, 15) is 4.39 Å². The molecule has 0 fully saturated rings. The number of ether oxygens (including phenoxy) is 1. The largest absolute Gasteiger partial charge is 0.383 e. The minimum Gasteiger partial charge on any atom is -0.383 e. The number of guanidine groups is 1. The molecule has 2 rings (SSSR count). The van der Waals surface area contributed by atoms with E-state index in [0.717, 1.165) is 17.2 Å². The second-order valence-corrected chi connectivity index (χ2v) is 7.58. The fourth-order valence-corrected chi connectivity index (χ4v) is 3.05. The summed E-state index contributed by atoms with van der Waals surface area (Å²) in [6.07, 6.45) is 0. The number of hydrogen-bond donors (Lipinski definition) is 2. The molecule has 0 saturated heterocycles. The molecule has 7 nitrogen and oxygen atoms in total. The highest BCUT2D eigenvalue weighted by Gasteiger charge is 2.24. The van der Waals surface area contributed by atoms with Gasteiger partial charge in [-0.15, -0.1) is 34.2 Å². The number of nitrogens with zero attached hydrogens (tertiary/aromatic N) is 4. The van der Waals surface area contributed by atoms with Gasteiger partial charge in [-0.2, -0.15) is 0 Å². The van der Waals surface area contributed by atoms with Crippen LogP contribution in [0.25, 0.3) is 0 Å². The predicted octanol–water partition coefficient (Wildman–Crippen LogP) is 3.19. The van der Waals surface area contributed by atoms with E-state index in [1.54, 1.807) is 13.2 Å². The van der Waals surface area contributed by atoms with Crippen molar-refractivity contribution in [2.45, 2.75) is 32.7 Å². The topological polar surface area (TPSA) is 76.4 Å². The van der Waals surface area contributed by atoms with Crippen LogP contribution < -0.4 is 10.6 Å². The normalized spacial score (nSPS) is 11.9. The minimum atomic E-state index is -0.347. The SMILES string of the molecule is COCCNC(=NCc1nnc(C)n1C)NCC(C)(C)c1ccc(F)cc1Cl.I. The number of nitrogens with one attached hydrogen (secondary N) is 2. The van der Waals surface area contributed by atoms with E-state index in [4.69, 9.17) is 16.3 Å². The van der Waals surface area contributed by atoms with Gasteiger partial charge in [-0.05, 0) is 24.6 Å². The Morgan fingerprint density at radius 2 is 2.03 bits per heavy atom. The van der Waals surface area contributed by atoms with E-state index in [1.807, 2.05) is 32.4 Å². The summed E-state index contributed by atoms with van der Waals surface area (Å²) in [5.74, 6) is 1.88. The molecule has 29 heavy (non-hydrogen) atoms. The van der Waals surface area contributed by atoms with Crippen molar-refractivity contribution in [3.05, 3.63) is 46.3 Å². The summed E-state index contributed by atoms with van der Waals surface area (Å²) in [4.78, 5) is 4.60. The minimum absolute atomic E-state index is 0. The van der Waals surface area contributed by atoms with Gasteiger partial charge in [-0.25, -0.2) is 9.38 Å². The number of rotatable bonds is 8. The molecule has 0 spiro atoms. The summed E-state index contributed by atoms with van der Waals surface area (Å²) in [6, 6.07) is 4.48. The number of methoxy groups -OCH3 is 1. The molecule has 162 valence electrons. The lowest BCUT2D eigenvalue weighted by Gasteiger charge is -2.28. The zero-order valence-corrected chi connectivity index (χ0v) is 20.5. The zero-order chi connectivity index (χ0) is 20.7. The first-order valence-corrected chi connectivity index (χ1v) is 9.44. The Morgan fingerprint density at radius 1 is 1.31 bits per heavy atom. The maximum atomic E-state index is 13.4. The van der Waals surface area contributed by atoms with Crippen molar-refractivity contribution in [3.63, 3.8) is 0 Å². The molecule has 0 saturated carbocycles. The molecule has 0 atom stereocenters. The van der Waals surface area contributed by atoms with Gasteiger partial charge in [0.05, 0.1) is 6.61 Å². The third-order valence-electron chi connectivity index (χ3n) is 4.52. The van der Waals surface area contributed by atoms with Crippen molar-refractivity contribution in [1.29, 1.82) is 0 Å². The third-order valence-corrected chi connectivity index (χ3v) is 4.83. The Kier molecular flexibility index (Phi) is 10.3. The highest BCUT2D eigenvalue weighted by atomic mass is 127. The molecule has 1 aromatic carbocycles. The molecular weight excluding hydrogens is 510 g/mol. The summed E-state index contributed by atoms with van der Waals surface area (Å²) < 4.78 is 20.4. The summed E-state index contributed by atoms with van der Waals surface area (Å²) >= 11 is 6.24. The highest BCUT2D eigenvalue weighted by Crippen LogP contribution is 2.29. The smallest absolute Gasteiger partial charge is 0.191 e. The molecule has 1 heterocycles. The Balaban J connectivity index is 0.00000420. The molecule has 0 aliphatic carbocycles. The zero-order valence-electron chi connectivity index (χ0n) is 17.4. The van der Waals surface area contributed by atoms with Gasteiger partial charge in [-0.3, -0.25) is 0 Å². The molecule has 0 aliphatic heterocycles. The number of aryl methyl sites for hydroxylation is 1. The average molecular weight is 539 g/mol. The van der Waals surface area contributed by atoms with E-state index >= 15 is 0 Å². The van der Waals surface area contributed by atoms with Gasteiger partial charge in [0, 0.05) is 37.7 Å². The van der Waals surface area contributed by atoms with Crippen LogP contribution in [-0.2, 0) is 23.7 Å². The van der Waals surface area contributed by atoms with E-state index in [-0.39, 0.29) is 35.2 Å². The Bertz CT molecular complexity index is 827. The third kappa shape index (κ3) is 7.38. The highest BCUT2D eigenvalue weighted by molar-refractivity contribution is 14.0. The Hall–Kier alpha value is -1.46. The van der Waals surface area contributed by atoms with Crippen molar-refractivity contribution in [1.82, 2.24) is 25.4 Å². The van der Waals surface area contributed by atoms with Gasteiger partial charge in [0.2, 0.25) is 0 Å². The Morgan fingerprint density at radius 3 is 2.62 bits per heavy atom. The summed E-state index contributed by atoms with van der Waals surface area (Å²) in [5.41, 5.74) is 0.527. The van der Waals surface area contributed by atoms with Crippen molar-refractivity contribution in [2.24, 2.45) is 12.0 Å². The number of aromatic nitrogens is 3. The van der Waals surface area contributed by atoms with Crippen LogP contribution in [0.1, 0.15) is 31.1 Å². The number of hydrogen-bond acceptors (Lipinski definition) is 4. The van der Waals surface area contributed by atoms with Crippen molar-refractivity contribution >= 4 is 41.5 Å². The monoisotopic (exact) mass is 538 g/mol. The first kappa shape index (κ1) is 25.6. The maximum absolute atomic E-state index is 13.4. The predicted molar refractivity (Wildman–Crippen MR) is 125 cm³/mol. The lowest BCUT2D eigenvalue weighted by molar-refractivity contribution is 0.203. The van der Waals surface area contributed by atoms with Crippen LogP contribution in [0.15, 0.2) is 23.2 Å². The van der Waals surface area contributed by atoms with E-state index in [2.05, 4.69) is 25.8 Å². The number of halogens is 3. The van der Waals surface area contributed by atoms with E-state index < -0.39 is 0 Å². The van der Waals surface area contributed by atoms with Crippen molar-refractivity contribution in [3.8, 4) is 0 Å². The molecule has 1 aromatic heterocycles. The summed E-state index contributed by atoms with van der Waals surface area (Å²) in [6.45, 7) is 8.07. The molecular formula is C19H29ClFIN6O. The summed E-state index contributed by atoms with van der Waals surface area (Å²) in [5, 5.41) is 15.1. The van der Waals surface area contributed by atoms with Crippen molar-refractivity contribution in [2.75, 3.05) is 26.8 Å². The summed E-state index contributed by atoms with van der Waals surface area (Å²) in [7, 11) is 3.55. The maximum Gasteiger partial charge on any atom is 0.191 e. The van der Waals surface area contributed by atoms with Crippen LogP contribution in [0.4, 0.5) is 4.39 Å². The fourth-order valence-electron chi connectivity index (χ4n) is 2.62. The second-order valence-electron chi connectivity index (χ2n) is 7.17. The molecule has 0 amide bonds. The van der Waals surface area contributed by atoms with Gasteiger partial charge in [0.15, 0.2) is 11.8 Å². The fraction of sp³-hybridized carbons (Fsp3) is 0.526. The van der Waals surface area contributed by atoms with Gasteiger partial charge >= 0.3 is 0 Å².